The largest absolute Gasteiger partial charge is 0.394 e. The highest BCUT2D eigenvalue weighted by Gasteiger charge is 2.16. The molecule has 0 aliphatic rings. The fourth-order valence-corrected chi connectivity index (χ4v) is 3.52. The molecule has 0 fully saturated rings. The van der Waals surface area contributed by atoms with Crippen molar-refractivity contribution in [3.05, 3.63) is 81.9 Å². The number of rotatable bonds is 5. The third-order valence-corrected chi connectivity index (χ3v) is 5.17. The van der Waals surface area contributed by atoms with Crippen LogP contribution in [0.1, 0.15) is 11.6 Å². The molecule has 2 heterocycles. The lowest BCUT2D eigenvalue weighted by Crippen LogP contribution is -2.17. The van der Waals surface area contributed by atoms with Gasteiger partial charge in [-0.15, -0.1) is 0 Å². The predicted molar refractivity (Wildman–Crippen MR) is 111 cm³/mol. The van der Waals surface area contributed by atoms with Crippen LogP contribution in [0.25, 0.3) is 16.9 Å². The molecule has 136 valence electrons. The Kier molecular flexibility index (Phi) is 5.11. The summed E-state index contributed by atoms with van der Waals surface area (Å²) in [6.45, 7) is -0.0578. The molecule has 0 bridgehead atoms. The van der Waals surface area contributed by atoms with Gasteiger partial charge in [-0.05, 0) is 27.6 Å². The molecule has 0 spiro atoms. The second-order valence-corrected chi connectivity index (χ2v) is 7.29. The van der Waals surface area contributed by atoms with Crippen molar-refractivity contribution in [2.24, 2.45) is 0 Å². The summed E-state index contributed by atoms with van der Waals surface area (Å²) in [5.41, 5.74) is 3.20. The molecule has 0 radical (unpaired) electrons. The van der Waals surface area contributed by atoms with Gasteiger partial charge in [-0.3, -0.25) is 0 Å². The van der Waals surface area contributed by atoms with Crippen molar-refractivity contribution in [2.75, 3.05) is 11.9 Å². The molecule has 0 amide bonds. The Labute approximate surface area is 169 Å². The van der Waals surface area contributed by atoms with Gasteiger partial charge in [0.05, 0.1) is 29.0 Å². The van der Waals surface area contributed by atoms with Crippen LogP contribution < -0.4 is 5.32 Å². The second-order valence-electron chi connectivity index (χ2n) is 6.02. The van der Waals surface area contributed by atoms with Crippen LogP contribution in [0.5, 0.6) is 0 Å². The molecule has 27 heavy (non-hydrogen) atoms. The van der Waals surface area contributed by atoms with Crippen LogP contribution in [0.4, 0.5) is 5.82 Å². The SMILES string of the molecule is OCC(Nc1cc(-c2ccccc2Cl)nc2c(Br)cnn12)c1ccccc1. The van der Waals surface area contributed by atoms with Gasteiger partial charge in [-0.2, -0.15) is 9.61 Å². The standard InChI is InChI=1S/C20H16BrClN4O/c21-15-11-23-26-19(24-18(12-27)13-6-2-1-3-7-13)10-17(25-20(15)26)14-8-4-5-9-16(14)22/h1-11,18,24,27H,12H2. The van der Waals surface area contributed by atoms with E-state index in [1.54, 1.807) is 10.7 Å². The van der Waals surface area contributed by atoms with Crippen LogP contribution in [-0.2, 0) is 0 Å². The van der Waals surface area contributed by atoms with E-state index in [1.165, 1.54) is 0 Å². The Morgan fingerprint density at radius 3 is 2.59 bits per heavy atom. The van der Waals surface area contributed by atoms with Crippen molar-refractivity contribution in [1.82, 2.24) is 14.6 Å². The van der Waals surface area contributed by atoms with Gasteiger partial charge in [0.25, 0.3) is 0 Å². The first-order valence-corrected chi connectivity index (χ1v) is 9.56. The van der Waals surface area contributed by atoms with E-state index in [1.807, 2.05) is 60.7 Å². The number of nitrogens with zero attached hydrogens (tertiary/aromatic N) is 3. The van der Waals surface area contributed by atoms with Crippen molar-refractivity contribution in [2.45, 2.75) is 6.04 Å². The smallest absolute Gasteiger partial charge is 0.172 e. The van der Waals surface area contributed by atoms with E-state index >= 15 is 0 Å². The molecule has 4 aromatic rings. The van der Waals surface area contributed by atoms with Gasteiger partial charge in [-0.25, -0.2) is 4.98 Å². The summed E-state index contributed by atoms with van der Waals surface area (Å²) in [7, 11) is 0. The number of hydrogen-bond donors (Lipinski definition) is 2. The molecule has 4 rings (SSSR count). The van der Waals surface area contributed by atoms with Gasteiger partial charge in [0.2, 0.25) is 0 Å². The molecule has 1 atom stereocenters. The molecule has 0 aliphatic carbocycles. The van der Waals surface area contributed by atoms with E-state index in [0.29, 0.717) is 16.5 Å². The zero-order valence-corrected chi connectivity index (χ0v) is 16.5. The lowest BCUT2D eigenvalue weighted by molar-refractivity contribution is 0.276. The molecule has 0 saturated heterocycles. The normalized spacial score (nSPS) is 12.3. The summed E-state index contributed by atoms with van der Waals surface area (Å²) in [6.07, 6.45) is 1.69. The highest BCUT2D eigenvalue weighted by molar-refractivity contribution is 9.10. The van der Waals surface area contributed by atoms with Crippen molar-refractivity contribution < 1.29 is 5.11 Å². The highest BCUT2D eigenvalue weighted by Crippen LogP contribution is 2.31. The number of fused-ring (bicyclic) bond motifs is 1. The number of nitrogens with one attached hydrogen (secondary N) is 1. The van der Waals surface area contributed by atoms with Gasteiger partial charge in [0.15, 0.2) is 5.65 Å². The van der Waals surface area contributed by atoms with Crippen LogP contribution in [0, 0.1) is 0 Å². The van der Waals surface area contributed by atoms with Gasteiger partial charge < -0.3 is 10.4 Å². The molecule has 1 unspecified atom stereocenters. The average molecular weight is 444 g/mol. The molecule has 0 saturated carbocycles. The van der Waals surface area contributed by atoms with E-state index in [9.17, 15) is 5.11 Å². The van der Waals surface area contributed by atoms with Crippen LogP contribution in [0.15, 0.2) is 71.3 Å². The summed E-state index contributed by atoms with van der Waals surface area (Å²) in [4.78, 5) is 4.70. The van der Waals surface area contributed by atoms with E-state index < -0.39 is 0 Å². The van der Waals surface area contributed by atoms with Crippen LogP contribution in [0.3, 0.4) is 0 Å². The number of anilines is 1. The van der Waals surface area contributed by atoms with E-state index in [2.05, 4.69) is 26.3 Å². The quantitative estimate of drug-likeness (QED) is 0.458. The molecule has 5 nitrogen and oxygen atoms in total. The number of aliphatic hydroxyl groups is 1. The summed E-state index contributed by atoms with van der Waals surface area (Å²) < 4.78 is 2.48. The number of benzene rings is 2. The first-order chi connectivity index (χ1) is 13.2. The minimum Gasteiger partial charge on any atom is -0.394 e. The molecule has 2 N–H and O–H groups in total. The molecular weight excluding hydrogens is 428 g/mol. The monoisotopic (exact) mass is 442 g/mol. The van der Waals surface area contributed by atoms with Crippen molar-refractivity contribution in [3.63, 3.8) is 0 Å². The molecule has 2 aromatic heterocycles. The minimum atomic E-state index is -0.279. The summed E-state index contributed by atoms with van der Waals surface area (Å²) >= 11 is 9.87. The number of hydrogen-bond acceptors (Lipinski definition) is 4. The van der Waals surface area contributed by atoms with Crippen LogP contribution >= 0.6 is 27.5 Å². The van der Waals surface area contributed by atoms with Crippen LogP contribution in [0.2, 0.25) is 5.02 Å². The molecule has 0 aliphatic heterocycles. The van der Waals surface area contributed by atoms with Crippen molar-refractivity contribution >= 4 is 39.0 Å². The zero-order valence-electron chi connectivity index (χ0n) is 14.2. The fourth-order valence-electron chi connectivity index (χ4n) is 2.94. The topological polar surface area (TPSA) is 62.5 Å². The van der Waals surface area contributed by atoms with Gasteiger partial charge >= 0.3 is 0 Å². The maximum absolute atomic E-state index is 9.91. The number of aliphatic hydroxyl groups excluding tert-OH is 1. The summed E-state index contributed by atoms with van der Waals surface area (Å²) in [6, 6.07) is 19.0. The maximum Gasteiger partial charge on any atom is 0.172 e. The van der Waals surface area contributed by atoms with E-state index in [4.69, 9.17) is 16.6 Å². The Morgan fingerprint density at radius 1 is 1.11 bits per heavy atom. The Hall–Kier alpha value is -2.41. The van der Waals surface area contributed by atoms with E-state index in [-0.39, 0.29) is 12.6 Å². The lowest BCUT2D eigenvalue weighted by Gasteiger charge is -2.19. The second kappa shape index (κ2) is 7.68. The highest BCUT2D eigenvalue weighted by atomic mass is 79.9. The summed E-state index contributed by atoms with van der Waals surface area (Å²) in [5, 5.41) is 18.3. The van der Waals surface area contributed by atoms with Crippen molar-refractivity contribution in [1.29, 1.82) is 0 Å². The minimum absolute atomic E-state index is 0.0578. The van der Waals surface area contributed by atoms with Gasteiger partial charge in [-0.1, -0.05) is 60.1 Å². The summed E-state index contributed by atoms with van der Waals surface area (Å²) in [5.74, 6) is 0.712. The molecule has 2 aromatic carbocycles. The number of aromatic nitrogens is 3. The number of halogens is 2. The van der Waals surface area contributed by atoms with Gasteiger partial charge in [0, 0.05) is 16.7 Å². The Balaban J connectivity index is 1.83. The Bertz CT molecular complexity index is 1080. The van der Waals surface area contributed by atoms with Crippen molar-refractivity contribution in [3.8, 4) is 11.3 Å². The molecule has 7 heteroatoms. The zero-order chi connectivity index (χ0) is 18.8. The fraction of sp³-hybridized carbons (Fsp3) is 0.100. The third-order valence-electron chi connectivity index (χ3n) is 4.29. The third kappa shape index (κ3) is 3.56. The first kappa shape index (κ1) is 18.0. The predicted octanol–water partition coefficient (Wildman–Crippen LogP) is 4.96. The van der Waals surface area contributed by atoms with Gasteiger partial charge in [0.1, 0.15) is 5.82 Å². The lowest BCUT2D eigenvalue weighted by atomic mass is 10.1. The molecular formula is C20H16BrClN4O. The first-order valence-electron chi connectivity index (χ1n) is 8.39. The average Bonchev–Trinajstić information content (AvgIpc) is 3.08. The Morgan fingerprint density at radius 2 is 1.85 bits per heavy atom. The maximum atomic E-state index is 9.91. The van der Waals surface area contributed by atoms with Crippen LogP contribution in [-0.4, -0.2) is 26.3 Å². The van der Waals surface area contributed by atoms with E-state index in [0.717, 1.165) is 21.3 Å².